The average Bonchev–Trinajstić information content (AvgIpc) is 2.46. The highest BCUT2D eigenvalue weighted by atomic mass is 35.5. The van der Waals surface area contributed by atoms with Gasteiger partial charge in [-0.25, -0.2) is 0 Å². The smallest absolute Gasteiger partial charge is 0.323 e. The highest BCUT2D eigenvalue weighted by Gasteiger charge is 2.17. The SMILES string of the molecule is Cc1ccc([N+](=O)[O-])c(=O)n1CC(=O)Nc1ccc(Cl)cc1Cl. The van der Waals surface area contributed by atoms with Crippen LogP contribution in [0.3, 0.4) is 0 Å². The molecule has 1 amide bonds. The number of nitrogens with one attached hydrogen (secondary N) is 1. The minimum Gasteiger partial charge on any atom is -0.323 e. The summed E-state index contributed by atoms with van der Waals surface area (Å²) in [5, 5.41) is 14.0. The Hall–Kier alpha value is -2.38. The number of halogens is 2. The van der Waals surface area contributed by atoms with Gasteiger partial charge in [-0.1, -0.05) is 23.2 Å². The molecule has 0 saturated heterocycles. The summed E-state index contributed by atoms with van der Waals surface area (Å²) in [7, 11) is 0. The van der Waals surface area contributed by atoms with Gasteiger partial charge in [-0.3, -0.25) is 24.3 Å². The zero-order valence-corrected chi connectivity index (χ0v) is 13.4. The summed E-state index contributed by atoms with van der Waals surface area (Å²) in [6, 6.07) is 7.05. The quantitative estimate of drug-likeness (QED) is 0.673. The van der Waals surface area contributed by atoms with E-state index >= 15 is 0 Å². The normalized spacial score (nSPS) is 10.4. The highest BCUT2D eigenvalue weighted by molar-refractivity contribution is 6.36. The number of rotatable bonds is 4. The first-order valence-corrected chi connectivity index (χ1v) is 7.15. The number of carbonyl (C=O) groups is 1. The van der Waals surface area contributed by atoms with Crippen molar-refractivity contribution < 1.29 is 9.72 Å². The van der Waals surface area contributed by atoms with Gasteiger partial charge in [-0.05, 0) is 31.2 Å². The van der Waals surface area contributed by atoms with Gasteiger partial charge < -0.3 is 5.32 Å². The predicted octanol–water partition coefficient (Wildman–Crippen LogP) is 3.01. The number of hydrogen-bond acceptors (Lipinski definition) is 4. The van der Waals surface area contributed by atoms with Crippen LogP contribution in [0.1, 0.15) is 5.69 Å². The van der Waals surface area contributed by atoms with Crippen molar-refractivity contribution in [2.24, 2.45) is 0 Å². The van der Waals surface area contributed by atoms with Gasteiger partial charge in [0.15, 0.2) is 0 Å². The zero-order valence-electron chi connectivity index (χ0n) is 11.9. The van der Waals surface area contributed by atoms with Crippen LogP contribution in [0.2, 0.25) is 10.0 Å². The number of benzene rings is 1. The maximum Gasteiger partial charge on any atom is 0.334 e. The molecule has 0 spiro atoms. The van der Waals surface area contributed by atoms with E-state index in [2.05, 4.69) is 5.32 Å². The Morgan fingerprint density at radius 1 is 1.30 bits per heavy atom. The molecule has 0 aliphatic rings. The van der Waals surface area contributed by atoms with Crippen molar-refractivity contribution in [3.8, 4) is 0 Å². The minimum absolute atomic E-state index is 0.244. The van der Waals surface area contributed by atoms with E-state index in [4.69, 9.17) is 23.2 Å². The monoisotopic (exact) mass is 355 g/mol. The van der Waals surface area contributed by atoms with Crippen molar-refractivity contribution in [3.63, 3.8) is 0 Å². The summed E-state index contributed by atoms with van der Waals surface area (Å²) in [4.78, 5) is 34.1. The van der Waals surface area contributed by atoms with Gasteiger partial charge in [0.1, 0.15) is 6.54 Å². The topological polar surface area (TPSA) is 94.2 Å². The van der Waals surface area contributed by atoms with Crippen molar-refractivity contribution >= 4 is 40.5 Å². The molecule has 1 heterocycles. The van der Waals surface area contributed by atoms with Crippen LogP contribution in [0.15, 0.2) is 35.1 Å². The molecule has 2 rings (SSSR count). The molecular weight excluding hydrogens is 345 g/mol. The summed E-state index contributed by atoms with van der Waals surface area (Å²) in [6.07, 6.45) is 0. The fourth-order valence-electron chi connectivity index (χ4n) is 1.92. The van der Waals surface area contributed by atoms with E-state index in [1.807, 2.05) is 0 Å². The molecule has 2 aromatic rings. The van der Waals surface area contributed by atoms with Crippen LogP contribution in [0.25, 0.3) is 0 Å². The molecule has 1 aromatic carbocycles. The predicted molar refractivity (Wildman–Crippen MR) is 87.2 cm³/mol. The molecule has 1 N–H and O–H groups in total. The average molecular weight is 356 g/mol. The molecule has 0 saturated carbocycles. The summed E-state index contributed by atoms with van der Waals surface area (Å²) < 4.78 is 1.03. The number of nitro groups is 1. The number of aromatic nitrogens is 1. The number of amides is 1. The Kier molecular flexibility index (Phi) is 5.02. The van der Waals surface area contributed by atoms with Crippen LogP contribution in [-0.2, 0) is 11.3 Å². The van der Waals surface area contributed by atoms with E-state index in [1.54, 1.807) is 13.0 Å². The van der Waals surface area contributed by atoms with E-state index in [-0.39, 0.29) is 11.6 Å². The molecule has 0 aliphatic carbocycles. The lowest BCUT2D eigenvalue weighted by atomic mass is 10.3. The first-order chi connectivity index (χ1) is 10.8. The molecule has 23 heavy (non-hydrogen) atoms. The molecule has 0 bridgehead atoms. The third-order valence-electron chi connectivity index (χ3n) is 3.08. The standard InChI is InChI=1S/C14H11Cl2N3O4/c1-8-2-5-12(19(22)23)14(21)18(8)7-13(20)17-11-4-3-9(15)6-10(11)16/h2-6H,7H2,1H3,(H,17,20). The molecule has 120 valence electrons. The van der Waals surface area contributed by atoms with Crippen LogP contribution >= 0.6 is 23.2 Å². The second kappa shape index (κ2) is 6.80. The third kappa shape index (κ3) is 3.88. The van der Waals surface area contributed by atoms with Gasteiger partial charge in [-0.2, -0.15) is 0 Å². The van der Waals surface area contributed by atoms with Crippen LogP contribution in [0.4, 0.5) is 11.4 Å². The van der Waals surface area contributed by atoms with Gasteiger partial charge in [0, 0.05) is 16.8 Å². The van der Waals surface area contributed by atoms with Gasteiger partial charge in [-0.15, -0.1) is 0 Å². The van der Waals surface area contributed by atoms with Gasteiger partial charge in [0.2, 0.25) is 5.91 Å². The Balaban J connectivity index is 2.25. The first-order valence-electron chi connectivity index (χ1n) is 6.39. The van der Waals surface area contributed by atoms with E-state index in [9.17, 15) is 19.7 Å². The fourth-order valence-corrected chi connectivity index (χ4v) is 2.37. The van der Waals surface area contributed by atoms with Crippen molar-refractivity contribution in [1.82, 2.24) is 4.57 Å². The lowest BCUT2D eigenvalue weighted by Crippen LogP contribution is -2.30. The second-order valence-corrected chi connectivity index (χ2v) is 5.52. The van der Waals surface area contributed by atoms with E-state index in [1.165, 1.54) is 18.2 Å². The van der Waals surface area contributed by atoms with E-state index < -0.39 is 22.1 Å². The maximum atomic E-state index is 12.1. The molecule has 9 heteroatoms. The zero-order chi connectivity index (χ0) is 17.1. The number of hydrogen-bond donors (Lipinski definition) is 1. The molecule has 0 unspecified atom stereocenters. The molecule has 1 aromatic heterocycles. The van der Waals surface area contributed by atoms with Crippen LogP contribution < -0.4 is 10.9 Å². The second-order valence-electron chi connectivity index (χ2n) is 4.68. The summed E-state index contributed by atoms with van der Waals surface area (Å²) >= 11 is 11.7. The third-order valence-corrected chi connectivity index (χ3v) is 3.62. The Morgan fingerprint density at radius 2 is 2.00 bits per heavy atom. The summed E-state index contributed by atoms with van der Waals surface area (Å²) in [5.41, 5.74) is -0.671. The number of nitrogens with zero attached hydrogens (tertiary/aromatic N) is 2. The van der Waals surface area contributed by atoms with Gasteiger partial charge in [0.25, 0.3) is 0 Å². The Labute approximate surface area is 140 Å². The largest absolute Gasteiger partial charge is 0.334 e. The van der Waals surface area contributed by atoms with Crippen molar-refractivity contribution in [2.75, 3.05) is 5.32 Å². The first kappa shape index (κ1) is 17.0. The van der Waals surface area contributed by atoms with Crippen LogP contribution in [0.5, 0.6) is 0 Å². The Bertz CT molecular complexity index is 848. The fraction of sp³-hybridized carbons (Fsp3) is 0.143. The Morgan fingerprint density at radius 3 is 2.61 bits per heavy atom. The molecule has 0 aliphatic heterocycles. The molecule has 7 nitrogen and oxygen atoms in total. The minimum atomic E-state index is -0.840. The van der Waals surface area contributed by atoms with Crippen LogP contribution in [-0.4, -0.2) is 15.4 Å². The van der Waals surface area contributed by atoms with E-state index in [0.29, 0.717) is 16.4 Å². The molecular formula is C14H11Cl2N3O4. The van der Waals surface area contributed by atoms with Crippen molar-refractivity contribution in [2.45, 2.75) is 13.5 Å². The van der Waals surface area contributed by atoms with E-state index in [0.717, 1.165) is 10.6 Å². The van der Waals surface area contributed by atoms with Crippen molar-refractivity contribution in [3.05, 3.63) is 66.5 Å². The number of carbonyl (C=O) groups excluding carboxylic acids is 1. The lowest BCUT2D eigenvalue weighted by molar-refractivity contribution is -0.386. The lowest BCUT2D eigenvalue weighted by Gasteiger charge is -2.11. The molecule has 0 fully saturated rings. The number of pyridine rings is 1. The number of aryl methyl sites for hydroxylation is 1. The van der Waals surface area contributed by atoms with Crippen molar-refractivity contribution in [1.29, 1.82) is 0 Å². The van der Waals surface area contributed by atoms with Gasteiger partial charge >= 0.3 is 11.2 Å². The molecule has 0 radical (unpaired) electrons. The van der Waals surface area contributed by atoms with Gasteiger partial charge in [0.05, 0.1) is 15.6 Å². The summed E-state index contributed by atoms with van der Waals surface area (Å²) in [6.45, 7) is 1.21. The maximum absolute atomic E-state index is 12.1. The summed E-state index contributed by atoms with van der Waals surface area (Å²) in [5.74, 6) is -0.542. The highest BCUT2D eigenvalue weighted by Crippen LogP contribution is 2.25. The van der Waals surface area contributed by atoms with Crippen LogP contribution in [0, 0.1) is 17.0 Å². The molecule has 0 atom stereocenters. The number of anilines is 1.